The number of fused-ring (bicyclic) bond motifs is 1. The van der Waals surface area contributed by atoms with Crippen molar-refractivity contribution in [3.63, 3.8) is 0 Å². The molecule has 0 aliphatic carbocycles. The Balaban J connectivity index is 2.07. The first-order valence-electron chi connectivity index (χ1n) is 5.84. The number of aromatic nitrogens is 3. The Morgan fingerprint density at radius 3 is 2.70 bits per heavy atom. The number of aliphatic hydroxyl groups is 3. The number of pyridine rings is 1. The van der Waals surface area contributed by atoms with Gasteiger partial charge in [-0.2, -0.15) is 5.10 Å². The van der Waals surface area contributed by atoms with Crippen LogP contribution in [0, 0.1) is 0 Å². The Kier molecular flexibility index (Phi) is 3.57. The highest BCUT2D eigenvalue weighted by molar-refractivity contribution is 6.37. The minimum atomic E-state index is -1.24. The summed E-state index contributed by atoms with van der Waals surface area (Å²) < 4.78 is 6.68. The Labute approximate surface area is 123 Å². The van der Waals surface area contributed by atoms with Crippen LogP contribution in [0.1, 0.15) is 6.23 Å². The molecule has 9 heteroatoms. The predicted molar refractivity (Wildman–Crippen MR) is 70.6 cm³/mol. The lowest BCUT2D eigenvalue weighted by Crippen LogP contribution is -2.33. The third kappa shape index (κ3) is 2.07. The molecule has 3 rings (SSSR count). The molecule has 1 aliphatic heterocycles. The molecule has 0 radical (unpaired) electrons. The van der Waals surface area contributed by atoms with Crippen LogP contribution in [-0.4, -0.2) is 55.0 Å². The highest BCUT2D eigenvalue weighted by Crippen LogP contribution is 2.33. The number of halogens is 2. The van der Waals surface area contributed by atoms with Crippen LogP contribution in [-0.2, 0) is 4.74 Å². The van der Waals surface area contributed by atoms with Crippen molar-refractivity contribution in [1.29, 1.82) is 0 Å². The van der Waals surface area contributed by atoms with Crippen LogP contribution in [0.5, 0.6) is 0 Å². The topological polar surface area (TPSA) is 101 Å². The minimum Gasteiger partial charge on any atom is -0.394 e. The molecule has 7 nitrogen and oxygen atoms in total. The third-order valence-electron chi connectivity index (χ3n) is 3.24. The van der Waals surface area contributed by atoms with Gasteiger partial charge in [-0.3, -0.25) is 0 Å². The molecule has 0 bridgehead atoms. The van der Waals surface area contributed by atoms with Crippen molar-refractivity contribution >= 4 is 34.2 Å². The lowest BCUT2D eigenvalue weighted by atomic mass is 10.1. The number of rotatable bonds is 2. The first-order chi connectivity index (χ1) is 9.52. The normalized spacial score (nSPS) is 30.2. The molecule has 20 heavy (non-hydrogen) atoms. The third-order valence-corrected chi connectivity index (χ3v) is 3.75. The Bertz CT molecular complexity index is 650. The molecule has 0 aromatic carbocycles. The fourth-order valence-corrected chi connectivity index (χ4v) is 2.70. The van der Waals surface area contributed by atoms with E-state index < -0.39 is 31.1 Å². The Hall–Kier alpha value is -0.960. The summed E-state index contributed by atoms with van der Waals surface area (Å²) in [6, 6.07) is 1.48. The minimum absolute atomic E-state index is 0.177. The molecule has 2 aromatic heterocycles. The standard InChI is InChI=1S/C11H11Cl2N3O4/c12-5-1-7(13)15-10-4(5)2-14-16(10)11-9(19)8(18)6(3-17)20-11/h1-2,6,8-9,11,17-19H,3H2/t6-,8-,9-,11-/m1/s1. The van der Waals surface area contributed by atoms with Gasteiger partial charge in [0.15, 0.2) is 11.9 Å². The second-order valence-electron chi connectivity index (χ2n) is 4.48. The van der Waals surface area contributed by atoms with E-state index in [4.69, 9.17) is 33.0 Å². The largest absolute Gasteiger partial charge is 0.394 e. The van der Waals surface area contributed by atoms with Gasteiger partial charge in [-0.15, -0.1) is 0 Å². The molecule has 0 spiro atoms. The van der Waals surface area contributed by atoms with Crippen molar-refractivity contribution in [2.75, 3.05) is 6.61 Å². The molecular weight excluding hydrogens is 309 g/mol. The van der Waals surface area contributed by atoms with E-state index >= 15 is 0 Å². The van der Waals surface area contributed by atoms with Gasteiger partial charge in [0.2, 0.25) is 0 Å². The van der Waals surface area contributed by atoms with Gasteiger partial charge in [0.05, 0.1) is 23.2 Å². The second kappa shape index (κ2) is 5.10. The summed E-state index contributed by atoms with van der Waals surface area (Å²) in [5.74, 6) is 0. The summed E-state index contributed by atoms with van der Waals surface area (Å²) in [5.41, 5.74) is 0.331. The van der Waals surface area contributed by atoms with E-state index in [-0.39, 0.29) is 5.15 Å². The fraction of sp³-hybridized carbons (Fsp3) is 0.455. The van der Waals surface area contributed by atoms with Crippen molar-refractivity contribution in [3.05, 3.63) is 22.4 Å². The van der Waals surface area contributed by atoms with E-state index in [0.717, 1.165) is 0 Å². The number of nitrogens with zero attached hydrogens (tertiary/aromatic N) is 3. The molecule has 3 heterocycles. The van der Waals surface area contributed by atoms with E-state index in [2.05, 4.69) is 10.1 Å². The number of hydrogen-bond acceptors (Lipinski definition) is 6. The summed E-state index contributed by atoms with van der Waals surface area (Å²) in [4.78, 5) is 4.10. The number of ether oxygens (including phenoxy) is 1. The molecule has 4 atom stereocenters. The van der Waals surface area contributed by atoms with Gasteiger partial charge < -0.3 is 20.1 Å². The molecule has 0 saturated carbocycles. The summed E-state index contributed by atoms with van der Waals surface area (Å²) in [6.45, 7) is -0.414. The second-order valence-corrected chi connectivity index (χ2v) is 5.28. The first kappa shape index (κ1) is 14.0. The van der Waals surface area contributed by atoms with Crippen LogP contribution < -0.4 is 0 Å². The number of aliphatic hydroxyl groups excluding tert-OH is 3. The van der Waals surface area contributed by atoms with Gasteiger partial charge in [0, 0.05) is 0 Å². The lowest BCUT2D eigenvalue weighted by Gasteiger charge is -2.15. The van der Waals surface area contributed by atoms with Crippen molar-refractivity contribution < 1.29 is 20.1 Å². The van der Waals surface area contributed by atoms with Crippen molar-refractivity contribution in [2.45, 2.75) is 24.5 Å². The van der Waals surface area contributed by atoms with E-state index in [1.807, 2.05) is 0 Å². The average molecular weight is 320 g/mol. The average Bonchev–Trinajstić information content (AvgIpc) is 2.93. The fourth-order valence-electron chi connectivity index (χ4n) is 2.22. The summed E-state index contributed by atoms with van der Waals surface area (Å²) in [5, 5.41) is 34.0. The zero-order valence-electron chi connectivity index (χ0n) is 10.0. The van der Waals surface area contributed by atoms with Gasteiger partial charge in [-0.05, 0) is 6.07 Å². The van der Waals surface area contributed by atoms with Gasteiger partial charge >= 0.3 is 0 Å². The van der Waals surface area contributed by atoms with Gasteiger partial charge in [-0.25, -0.2) is 9.67 Å². The first-order valence-corrected chi connectivity index (χ1v) is 6.60. The molecule has 1 saturated heterocycles. The summed E-state index contributed by atoms with van der Waals surface area (Å²) >= 11 is 11.9. The van der Waals surface area contributed by atoms with E-state index in [1.54, 1.807) is 0 Å². The van der Waals surface area contributed by atoms with E-state index in [0.29, 0.717) is 16.1 Å². The molecule has 108 valence electrons. The van der Waals surface area contributed by atoms with Crippen molar-refractivity contribution in [2.24, 2.45) is 0 Å². The molecule has 1 fully saturated rings. The highest BCUT2D eigenvalue weighted by atomic mass is 35.5. The van der Waals surface area contributed by atoms with Crippen molar-refractivity contribution in [1.82, 2.24) is 14.8 Å². The van der Waals surface area contributed by atoms with Crippen LogP contribution in [0.15, 0.2) is 12.3 Å². The van der Waals surface area contributed by atoms with Crippen molar-refractivity contribution in [3.8, 4) is 0 Å². The molecular formula is C11H11Cl2N3O4. The quantitative estimate of drug-likeness (QED) is 0.690. The van der Waals surface area contributed by atoms with Crippen LogP contribution in [0.4, 0.5) is 0 Å². The molecule has 0 amide bonds. The van der Waals surface area contributed by atoms with Gasteiger partial charge in [0.25, 0.3) is 0 Å². The molecule has 1 aliphatic rings. The SMILES string of the molecule is OC[C@H]1O[C@@H](n2ncc3c(Cl)cc(Cl)nc32)[C@H](O)[C@@H]1O. The smallest absolute Gasteiger partial charge is 0.181 e. The zero-order valence-corrected chi connectivity index (χ0v) is 11.5. The Morgan fingerprint density at radius 2 is 2.05 bits per heavy atom. The van der Waals surface area contributed by atoms with Crippen LogP contribution in [0.2, 0.25) is 10.2 Å². The zero-order chi connectivity index (χ0) is 14.4. The summed E-state index contributed by atoms with van der Waals surface area (Å²) in [7, 11) is 0. The maximum atomic E-state index is 9.99. The molecule has 3 N–H and O–H groups in total. The number of hydrogen-bond donors (Lipinski definition) is 3. The Morgan fingerprint density at radius 1 is 1.30 bits per heavy atom. The van der Waals surface area contributed by atoms with Gasteiger partial charge in [0.1, 0.15) is 23.5 Å². The van der Waals surface area contributed by atoms with E-state index in [1.165, 1.54) is 16.9 Å². The van der Waals surface area contributed by atoms with E-state index in [9.17, 15) is 10.2 Å². The van der Waals surface area contributed by atoms with Crippen LogP contribution in [0.3, 0.4) is 0 Å². The lowest BCUT2D eigenvalue weighted by molar-refractivity contribution is -0.0566. The monoisotopic (exact) mass is 319 g/mol. The highest BCUT2D eigenvalue weighted by Gasteiger charge is 2.44. The van der Waals surface area contributed by atoms with Crippen LogP contribution >= 0.6 is 23.2 Å². The maximum absolute atomic E-state index is 9.99. The molecule has 2 aromatic rings. The van der Waals surface area contributed by atoms with Crippen LogP contribution in [0.25, 0.3) is 11.0 Å². The van der Waals surface area contributed by atoms with Gasteiger partial charge in [-0.1, -0.05) is 23.2 Å². The summed E-state index contributed by atoms with van der Waals surface area (Å²) in [6.07, 6.45) is -2.84. The molecule has 0 unspecified atom stereocenters. The predicted octanol–water partition coefficient (Wildman–Crippen LogP) is 0.350. The maximum Gasteiger partial charge on any atom is 0.181 e.